The van der Waals surface area contributed by atoms with E-state index in [9.17, 15) is 13.5 Å². The molecule has 2 atom stereocenters. The maximum atomic E-state index is 12.5. The van der Waals surface area contributed by atoms with E-state index in [-0.39, 0.29) is 23.5 Å². The third-order valence-corrected chi connectivity index (χ3v) is 5.86. The molecule has 2 fully saturated rings. The van der Waals surface area contributed by atoms with Gasteiger partial charge in [-0.1, -0.05) is 0 Å². The zero-order chi connectivity index (χ0) is 15.0. The molecule has 0 radical (unpaired) electrons. The minimum atomic E-state index is -3.55. The molecule has 1 aromatic rings. The minimum Gasteiger partial charge on any atom is -0.390 e. The van der Waals surface area contributed by atoms with E-state index in [2.05, 4.69) is 4.72 Å². The summed E-state index contributed by atoms with van der Waals surface area (Å²) in [6.07, 6.45) is 4.62. The number of nitrogens with zero attached hydrogens (tertiary/aromatic N) is 1. The van der Waals surface area contributed by atoms with Gasteiger partial charge in [0.1, 0.15) is 0 Å². The Labute approximate surface area is 125 Å². The molecular weight excluding hydrogens is 292 g/mol. The van der Waals surface area contributed by atoms with Crippen LogP contribution < -0.4 is 4.72 Å². The summed E-state index contributed by atoms with van der Waals surface area (Å²) in [6.45, 7) is 3.04. The second kappa shape index (κ2) is 5.72. The fourth-order valence-electron chi connectivity index (χ4n) is 2.82. The van der Waals surface area contributed by atoms with Crippen molar-refractivity contribution in [2.24, 2.45) is 5.92 Å². The van der Waals surface area contributed by atoms with Gasteiger partial charge in [0.2, 0.25) is 10.0 Å². The number of ether oxygens (including phenoxy) is 1. The summed E-state index contributed by atoms with van der Waals surface area (Å²) in [5.74, 6) is 0.225. The Balaban J connectivity index is 1.77. The first kappa shape index (κ1) is 15.0. The third kappa shape index (κ3) is 3.15. The van der Waals surface area contributed by atoms with Crippen molar-refractivity contribution in [2.75, 3.05) is 13.2 Å². The molecular formula is C14H22N2O4S. The quantitative estimate of drug-likeness (QED) is 0.821. The molecule has 2 heterocycles. The second-order valence-corrected chi connectivity index (χ2v) is 7.71. The Hall–Kier alpha value is -0.890. The second-order valence-electron chi connectivity index (χ2n) is 6.00. The Morgan fingerprint density at radius 1 is 1.48 bits per heavy atom. The maximum absolute atomic E-state index is 12.5. The molecule has 1 aliphatic heterocycles. The van der Waals surface area contributed by atoms with Crippen LogP contribution in [0.1, 0.15) is 37.9 Å². The van der Waals surface area contributed by atoms with Crippen LogP contribution in [0, 0.1) is 5.92 Å². The monoisotopic (exact) mass is 314 g/mol. The summed E-state index contributed by atoms with van der Waals surface area (Å²) >= 11 is 0. The molecule has 0 amide bonds. The lowest BCUT2D eigenvalue weighted by Crippen LogP contribution is -2.38. The Kier molecular flexibility index (Phi) is 4.09. The summed E-state index contributed by atoms with van der Waals surface area (Å²) in [5.41, 5.74) is 0.662. The summed E-state index contributed by atoms with van der Waals surface area (Å²) in [7, 11) is -3.55. The van der Waals surface area contributed by atoms with Gasteiger partial charge in [0.05, 0.1) is 18.1 Å². The highest BCUT2D eigenvalue weighted by Crippen LogP contribution is 2.37. The van der Waals surface area contributed by atoms with E-state index in [1.54, 1.807) is 12.3 Å². The van der Waals surface area contributed by atoms with Crippen LogP contribution in [-0.4, -0.2) is 37.3 Å². The molecule has 0 aromatic carbocycles. The van der Waals surface area contributed by atoms with E-state index in [0.717, 1.165) is 19.3 Å². The largest absolute Gasteiger partial charge is 0.390 e. The highest BCUT2D eigenvalue weighted by atomic mass is 32.2. The predicted octanol–water partition coefficient (Wildman–Crippen LogP) is 1.02. The van der Waals surface area contributed by atoms with Crippen LogP contribution in [0.15, 0.2) is 17.2 Å². The lowest BCUT2D eigenvalue weighted by Gasteiger charge is -2.18. The fraction of sp³-hybridized carbons (Fsp3) is 0.714. The van der Waals surface area contributed by atoms with Crippen molar-refractivity contribution in [3.8, 4) is 0 Å². The Bertz CT molecular complexity index is 600. The summed E-state index contributed by atoms with van der Waals surface area (Å²) in [5, 5.41) is 9.38. The van der Waals surface area contributed by atoms with Crippen molar-refractivity contribution in [1.82, 2.24) is 9.29 Å². The highest BCUT2D eigenvalue weighted by Gasteiger charge is 2.30. The van der Waals surface area contributed by atoms with Gasteiger partial charge in [0.15, 0.2) is 0 Å². The van der Waals surface area contributed by atoms with Crippen LogP contribution in [0.3, 0.4) is 0 Å². The molecule has 1 aliphatic carbocycles. The summed E-state index contributed by atoms with van der Waals surface area (Å²) in [4.78, 5) is 0.240. The van der Waals surface area contributed by atoms with Gasteiger partial charge in [0, 0.05) is 36.5 Å². The van der Waals surface area contributed by atoms with Crippen LogP contribution in [0.25, 0.3) is 0 Å². The highest BCUT2D eigenvalue weighted by molar-refractivity contribution is 7.89. The first-order valence-corrected chi connectivity index (χ1v) is 8.91. The maximum Gasteiger partial charge on any atom is 0.242 e. The molecule has 6 nitrogen and oxygen atoms in total. The van der Waals surface area contributed by atoms with Gasteiger partial charge in [-0.3, -0.25) is 0 Å². The number of aliphatic hydroxyl groups excluding tert-OH is 1. The molecule has 2 unspecified atom stereocenters. The van der Waals surface area contributed by atoms with E-state index < -0.39 is 10.0 Å². The molecule has 1 aromatic heterocycles. The Morgan fingerprint density at radius 3 is 2.81 bits per heavy atom. The first-order valence-electron chi connectivity index (χ1n) is 7.43. The smallest absolute Gasteiger partial charge is 0.242 e. The molecule has 0 bridgehead atoms. The number of sulfonamides is 1. The van der Waals surface area contributed by atoms with Crippen LogP contribution in [0.2, 0.25) is 0 Å². The van der Waals surface area contributed by atoms with Gasteiger partial charge in [-0.05, 0) is 32.3 Å². The summed E-state index contributed by atoms with van der Waals surface area (Å²) in [6, 6.07) is 1.76. The van der Waals surface area contributed by atoms with Gasteiger partial charge in [-0.2, -0.15) is 0 Å². The molecule has 1 saturated carbocycles. The molecule has 118 valence electrons. The first-order chi connectivity index (χ1) is 10.0. The van der Waals surface area contributed by atoms with E-state index in [0.29, 0.717) is 24.9 Å². The van der Waals surface area contributed by atoms with E-state index in [1.165, 1.54) is 0 Å². The van der Waals surface area contributed by atoms with Crippen LogP contribution >= 0.6 is 0 Å². The van der Waals surface area contributed by atoms with E-state index in [1.807, 2.05) is 11.5 Å². The lowest BCUT2D eigenvalue weighted by atomic mass is 10.0. The van der Waals surface area contributed by atoms with Gasteiger partial charge in [-0.25, -0.2) is 13.1 Å². The van der Waals surface area contributed by atoms with Crippen LogP contribution in [0.4, 0.5) is 0 Å². The van der Waals surface area contributed by atoms with Crippen molar-refractivity contribution in [3.05, 3.63) is 18.0 Å². The number of aromatic nitrogens is 1. The zero-order valence-corrected chi connectivity index (χ0v) is 13.0. The molecule has 1 saturated heterocycles. The third-order valence-electron chi connectivity index (χ3n) is 4.33. The lowest BCUT2D eigenvalue weighted by molar-refractivity contribution is 0.180. The molecule has 21 heavy (non-hydrogen) atoms. The number of hydrogen-bond acceptors (Lipinski definition) is 4. The zero-order valence-electron chi connectivity index (χ0n) is 12.2. The SMILES string of the molecule is CC(NS(=O)(=O)c1cc(CO)n(C2CC2)c1)C1CCOC1. The van der Waals surface area contributed by atoms with Crippen LogP contribution in [0.5, 0.6) is 0 Å². The number of nitrogens with one attached hydrogen (secondary N) is 1. The summed E-state index contributed by atoms with van der Waals surface area (Å²) < 4.78 is 34.9. The minimum absolute atomic E-state index is 0.141. The Morgan fingerprint density at radius 2 is 2.24 bits per heavy atom. The van der Waals surface area contributed by atoms with E-state index >= 15 is 0 Å². The van der Waals surface area contributed by atoms with E-state index in [4.69, 9.17) is 4.74 Å². The molecule has 3 rings (SSSR count). The number of rotatable bonds is 6. The molecule has 0 spiro atoms. The van der Waals surface area contributed by atoms with Crippen molar-refractivity contribution >= 4 is 10.0 Å². The predicted molar refractivity (Wildman–Crippen MR) is 77.3 cm³/mol. The van der Waals surface area contributed by atoms with Crippen molar-refractivity contribution in [2.45, 2.75) is 49.8 Å². The standard InChI is InChI=1S/C14H22N2O4S/c1-10(11-4-5-20-9-11)15-21(18,19)14-6-13(8-17)16(7-14)12-2-3-12/h6-7,10-12,15,17H,2-5,8-9H2,1H3. The van der Waals surface area contributed by atoms with Crippen molar-refractivity contribution in [3.63, 3.8) is 0 Å². The van der Waals surface area contributed by atoms with Gasteiger partial charge >= 0.3 is 0 Å². The average Bonchev–Trinajstić information content (AvgIpc) is 2.98. The molecule has 2 N–H and O–H groups in total. The normalized spacial score (nSPS) is 24.4. The number of aliphatic hydroxyl groups is 1. The van der Waals surface area contributed by atoms with Gasteiger partial charge in [-0.15, -0.1) is 0 Å². The van der Waals surface area contributed by atoms with Gasteiger partial charge < -0.3 is 14.4 Å². The van der Waals surface area contributed by atoms with Crippen molar-refractivity contribution in [1.29, 1.82) is 0 Å². The topological polar surface area (TPSA) is 80.6 Å². The molecule has 7 heteroatoms. The molecule has 2 aliphatic rings. The van der Waals surface area contributed by atoms with Crippen LogP contribution in [-0.2, 0) is 21.4 Å². The number of hydrogen-bond donors (Lipinski definition) is 2. The fourth-order valence-corrected chi connectivity index (χ4v) is 4.18. The van der Waals surface area contributed by atoms with Crippen molar-refractivity contribution < 1.29 is 18.3 Å². The average molecular weight is 314 g/mol. The van der Waals surface area contributed by atoms with Gasteiger partial charge in [0.25, 0.3) is 0 Å².